The number of halogens is 2. The molecule has 0 bridgehead atoms. The molecular weight excluding hydrogens is 315 g/mol. The van der Waals surface area contributed by atoms with E-state index in [4.69, 9.17) is 0 Å². The number of piperidine rings is 1. The number of rotatable bonds is 5. The third-order valence-corrected chi connectivity index (χ3v) is 5.10. The second-order valence-corrected chi connectivity index (χ2v) is 7.07. The van der Waals surface area contributed by atoms with Gasteiger partial charge >= 0.3 is 0 Å². The van der Waals surface area contributed by atoms with Crippen molar-refractivity contribution in [3.05, 3.63) is 29.6 Å². The van der Waals surface area contributed by atoms with Crippen LogP contribution in [0.4, 0.5) is 4.39 Å². The molecule has 1 aliphatic heterocycles. The monoisotopic (exact) mass is 336 g/mol. The lowest BCUT2D eigenvalue weighted by molar-refractivity contribution is 0.358. The Morgan fingerprint density at radius 3 is 2.86 bits per heavy atom. The topological polar surface area (TPSA) is 58.2 Å². The molecule has 1 atom stereocenters. The van der Waals surface area contributed by atoms with Gasteiger partial charge in [-0.05, 0) is 62.9 Å². The van der Waals surface area contributed by atoms with E-state index in [0.717, 1.165) is 37.9 Å². The fourth-order valence-corrected chi connectivity index (χ4v) is 3.67. The first-order valence-electron chi connectivity index (χ1n) is 6.95. The Hall–Kier alpha value is -0.690. The van der Waals surface area contributed by atoms with Crippen LogP contribution in [0.15, 0.2) is 23.1 Å². The molecule has 2 rings (SSSR count). The zero-order valence-electron chi connectivity index (χ0n) is 12.1. The Balaban J connectivity index is 0.00000220. The standard InChI is InChI=1S/C14H21FN2O2S.ClH/c1-11-4-5-13(15)14(9-11)20(18,19)17-8-6-12-3-2-7-16-10-12;/h4-5,9,12,16-17H,2-3,6-8,10H2,1H3;1H. The first kappa shape index (κ1) is 18.4. The highest BCUT2D eigenvalue weighted by atomic mass is 35.5. The zero-order chi connectivity index (χ0) is 14.6. The Labute approximate surface area is 132 Å². The van der Waals surface area contributed by atoms with Gasteiger partial charge in [0.1, 0.15) is 10.7 Å². The van der Waals surface area contributed by atoms with Crippen LogP contribution in [0, 0.1) is 18.7 Å². The summed E-state index contributed by atoms with van der Waals surface area (Å²) in [7, 11) is -3.76. The van der Waals surface area contributed by atoms with Crippen molar-refractivity contribution in [2.45, 2.75) is 31.1 Å². The largest absolute Gasteiger partial charge is 0.316 e. The lowest BCUT2D eigenvalue weighted by atomic mass is 9.96. The van der Waals surface area contributed by atoms with Crippen molar-refractivity contribution >= 4 is 22.4 Å². The molecule has 0 saturated carbocycles. The maximum absolute atomic E-state index is 13.6. The van der Waals surface area contributed by atoms with E-state index in [1.165, 1.54) is 12.1 Å². The molecule has 120 valence electrons. The third-order valence-electron chi connectivity index (χ3n) is 3.62. The van der Waals surface area contributed by atoms with Crippen molar-refractivity contribution in [2.24, 2.45) is 5.92 Å². The fourth-order valence-electron chi connectivity index (χ4n) is 2.46. The second kappa shape index (κ2) is 8.08. The summed E-state index contributed by atoms with van der Waals surface area (Å²) < 4.78 is 40.3. The van der Waals surface area contributed by atoms with Crippen LogP contribution in [-0.2, 0) is 10.0 Å². The van der Waals surface area contributed by atoms with Gasteiger partial charge in [0.25, 0.3) is 0 Å². The average molecular weight is 337 g/mol. The normalized spacial score (nSPS) is 19.0. The molecule has 1 aromatic rings. The van der Waals surface area contributed by atoms with Crippen LogP contribution in [0.25, 0.3) is 0 Å². The minimum atomic E-state index is -3.76. The molecule has 2 N–H and O–H groups in total. The molecule has 0 aliphatic carbocycles. The Morgan fingerprint density at radius 1 is 1.43 bits per heavy atom. The van der Waals surface area contributed by atoms with Crippen LogP contribution in [0.1, 0.15) is 24.8 Å². The summed E-state index contributed by atoms with van der Waals surface area (Å²) >= 11 is 0. The van der Waals surface area contributed by atoms with Crippen LogP contribution >= 0.6 is 12.4 Å². The van der Waals surface area contributed by atoms with E-state index < -0.39 is 15.8 Å². The summed E-state index contributed by atoms with van der Waals surface area (Å²) in [6.07, 6.45) is 3.02. The highest BCUT2D eigenvalue weighted by Gasteiger charge is 2.20. The molecule has 1 aliphatic rings. The highest BCUT2D eigenvalue weighted by molar-refractivity contribution is 7.89. The predicted octanol–water partition coefficient (Wildman–Crippen LogP) is 2.22. The third kappa shape index (κ3) is 5.21. The van der Waals surface area contributed by atoms with Gasteiger partial charge in [-0.15, -0.1) is 12.4 Å². The summed E-state index contributed by atoms with van der Waals surface area (Å²) in [6.45, 7) is 4.06. The maximum atomic E-state index is 13.6. The van der Waals surface area contributed by atoms with Crippen molar-refractivity contribution in [2.75, 3.05) is 19.6 Å². The van der Waals surface area contributed by atoms with Gasteiger partial charge in [0.15, 0.2) is 0 Å². The molecule has 0 amide bonds. The molecule has 0 radical (unpaired) electrons. The lowest BCUT2D eigenvalue weighted by Gasteiger charge is -2.22. The van der Waals surface area contributed by atoms with Gasteiger partial charge < -0.3 is 5.32 Å². The smallest absolute Gasteiger partial charge is 0.243 e. The van der Waals surface area contributed by atoms with Crippen LogP contribution in [0.5, 0.6) is 0 Å². The average Bonchev–Trinajstić information content (AvgIpc) is 2.42. The van der Waals surface area contributed by atoms with E-state index in [2.05, 4.69) is 10.0 Å². The maximum Gasteiger partial charge on any atom is 0.243 e. The minimum absolute atomic E-state index is 0. The van der Waals surface area contributed by atoms with Crippen molar-refractivity contribution in [3.63, 3.8) is 0 Å². The Bertz CT molecular complexity index is 560. The van der Waals surface area contributed by atoms with Crippen molar-refractivity contribution in [3.8, 4) is 0 Å². The van der Waals surface area contributed by atoms with E-state index in [-0.39, 0.29) is 17.3 Å². The van der Waals surface area contributed by atoms with Gasteiger partial charge in [0.05, 0.1) is 0 Å². The van der Waals surface area contributed by atoms with Crippen molar-refractivity contribution in [1.29, 1.82) is 0 Å². The predicted molar refractivity (Wildman–Crippen MR) is 83.8 cm³/mol. The van der Waals surface area contributed by atoms with Crippen LogP contribution in [0.2, 0.25) is 0 Å². The van der Waals surface area contributed by atoms with Gasteiger partial charge in [0.2, 0.25) is 10.0 Å². The van der Waals surface area contributed by atoms with E-state index in [1.807, 2.05) is 0 Å². The molecule has 7 heteroatoms. The summed E-state index contributed by atoms with van der Waals surface area (Å²) in [5.41, 5.74) is 0.725. The van der Waals surface area contributed by atoms with Gasteiger partial charge in [-0.3, -0.25) is 0 Å². The van der Waals surface area contributed by atoms with E-state index in [0.29, 0.717) is 12.5 Å². The summed E-state index contributed by atoms with van der Waals surface area (Å²) in [4.78, 5) is -0.265. The number of sulfonamides is 1. The summed E-state index contributed by atoms with van der Waals surface area (Å²) in [5.74, 6) is -0.212. The van der Waals surface area contributed by atoms with E-state index in [1.54, 1.807) is 13.0 Å². The number of hydrogen-bond acceptors (Lipinski definition) is 3. The summed E-state index contributed by atoms with van der Waals surface area (Å²) in [5, 5.41) is 3.29. The number of hydrogen-bond donors (Lipinski definition) is 2. The van der Waals surface area contributed by atoms with Gasteiger partial charge in [-0.1, -0.05) is 6.07 Å². The Morgan fingerprint density at radius 2 is 2.19 bits per heavy atom. The molecule has 21 heavy (non-hydrogen) atoms. The van der Waals surface area contributed by atoms with Gasteiger partial charge in [-0.2, -0.15) is 0 Å². The molecule has 1 saturated heterocycles. The molecule has 1 unspecified atom stereocenters. The fraction of sp³-hybridized carbons (Fsp3) is 0.571. The van der Waals surface area contributed by atoms with Crippen LogP contribution in [-0.4, -0.2) is 28.1 Å². The van der Waals surface area contributed by atoms with Crippen LogP contribution < -0.4 is 10.0 Å². The molecule has 1 heterocycles. The van der Waals surface area contributed by atoms with Gasteiger partial charge in [-0.25, -0.2) is 17.5 Å². The van der Waals surface area contributed by atoms with Crippen molar-refractivity contribution < 1.29 is 12.8 Å². The van der Waals surface area contributed by atoms with E-state index in [9.17, 15) is 12.8 Å². The first-order chi connectivity index (χ1) is 9.49. The molecule has 4 nitrogen and oxygen atoms in total. The lowest BCUT2D eigenvalue weighted by Crippen LogP contribution is -2.33. The Kier molecular flexibility index (Phi) is 7.06. The minimum Gasteiger partial charge on any atom is -0.316 e. The highest BCUT2D eigenvalue weighted by Crippen LogP contribution is 2.17. The molecular formula is C14H22ClFN2O2S. The van der Waals surface area contributed by atoms with Crippen LogP contribution in [0.3, 0.4) is 0 Å². The van der Waals surface area contributed by atoms with Crippen molar-refractivity contribution in [1.82, 2.24) is 10.0 Å². The quantitative estimate of drug-likeness (QED) is 0.867. The molecule has 1 aromatic carbocycles. The SMILES string of the molecule is Cc1ccc(F)c(S(=O)(=O)NCCC2CCCNC2)c1.Cl. The molecule has 0 aromatic heterocycles. The number of aryl methyl sites for hydroxylation is 1. The summed E-state index contributed by atoms with van der Waals surface area (Å²) in [6, 6.07) is 4.11. The number of benzene rings is 1. The molecule has 0 spiro atoms. The van der Waals surface area contributed by atoms with E-state index >= 15 is 0 Å². The zero-order valence-corrected chi connectivity index (χ0v) is 13.7. The second-order valence-electron chi connectivity index (χ2n) is 5.33. The number of nitrogens with one attached hydrogen (secondary N) is 2. The van der Waals surface area contributed by atoms with Gasteiger partial charge in [0, 0.05) is 6.54 Å². The first-order valence-corrected chi connectivity index (χ1v) is 8.44. The molecule has 1 fully saturated rings.